The molecule has 0 aliphatic rings. The number of hydrogen-bond donors (Lipinski definition) is 1. The number of hydrogen-bond acceptors (Lipinski definition) is 3. The van der Waals surface area contributed by atoms with Crippen LogP contribution in [0.5, 0.6) is 0 Å². The Kier molecular flexibility index (Phi) is 4.94. The van der Waals surface area contributed by atoms with Crippen LogP contribution in [0.15, 0.2) is 30.3 Å². The normalized spacial score (nSPS) is 9.33. The third-order valence-corrected chi connectivity index (χ3v) is 1.80. The molecule has 1 rings (SSSR count). The predicted molar refractivity (Wildman–Crippen MR) is 54.9 cm³/mol. The van der Waals surface area contributed by atoms with Crippen molar-refractivity contribution in [1.29, 1.82) is 0 Å². The third kappa shape index (κ3) is 4.81. The molecule has 4 heteroatoms. The molecule has 0 heterocycles. The zero-order valence-corrected chi connectivity index (χ0v) is 8.31. The summed E-state index contributed by atoms with van der Waals surface area (Å²) in [6.45, 7) is 0.595. The second kappa shape index (κ2) is 6.59. The van der Waals surface area contributed by atoms with E-state index in [9.17, 15) is 9.59 Å². The molecule has 0 spiro atoms. The van der Waals surface area contributed by atoms with Gasteiger partial charge in [-0.25, -0.2) is 0 Å². The minimum absolute atomic E-state index is 0.200. The second-order valence-corrected chi connectivity index (χ2v) is 2.97. The summed E-state index contributed by atoms with van der Waals surface area (Å²) in [5.41, 5.74) is 0.953. The fourth-order valence-electron chi connectivity index (χ4n) is 1.04. The summed E-state index contributed by atoms with van der Waals surface area (Å²) < 4.78 is 4.98. The molecule has 80 valence electrons. The average Bonchev–Trinajstić information content (AvgIpc) is 2.28. The van der Waals surface area contributed by atoms with Gasteiger partial charge in [0.2, 0.25) is 6.41 Å². The Morgan fingerprint density at radius 1 is 1.33 bits per heavy atom. The predicted octanol–water partition coefficient (Wildman–Crippen LogP) is 0.866. The second-order valence-electron chi connectivity index (χ2n) is 2.97. The zero-order valence-electron chi connectivity index (χ0n) is 8.31. The van der Waals surface area contributed by atoms with Crippen molar-refractivity contribution in [3.05, 3.63) is 35.9 Å². The van der Waals surface area contributed by atoms with Crippen LogP contribution in [0.3, 0.4) is 0 Å². The Morgan fingerprint density at radius 2 is 2.07 bits per heavy atom. The summed E-state index contributed by atoms with van der Waals surface area (Å²) in [6.07, 6.45) is 0.760. The van der Waals surface area contributed by atoms with E-state index in [2.05, 4.69) is 5.32 Å². The molecular formula is C11H13NO3. The Hall–Kier alpha value is -1.84. The van der Waals surface area contributed by atoms with Crippen molar-refractivity contribution < 1.29 is 14.3 Å². The van der Waals surface area contributed by atoms with Crippen LogP contribution in [-0.4, -0.2) is 18.9 Å². The van der Waals surface area contributed by atoms with Crippen molar-refractivity contribution in [3.8, 4) is 0 Å². The fraction of sp³-hybridized carbons (Fsp3) is 0.273. The van der Waals surface area contributed by atoms with Crippen molar-refractivity contribution in [2.24, 2.45) is 0 Å². The van der Waals surface area contributed by atoms with Gasteiger partial charge in [0, 0.05) is 6.54 Å². The molecule has 4 nitrogen and oxygen atoms in total. The summed E-state index contributed by atoms with van der Waals surface area (Å²) in [4.78, 5) is 21.0. The van der Waals surface area contributed by atoms with Gasteiger partial charge in [-0.15, -0.1) is 0 Å². The molecule has 1 aromatic carbocycles. The molecular weight excluding hydrogens is 194 g/mol. The summed E-state index contributed by atoms with van der Waals surface area (Å²) in [5.74, 6) is -0.312. The maximum Gasteiger partial charge on any atom is 0.307 e. The Balaban J connectivity index is 2.20. The van der Waals surface area contributed by atoms with Crippen molar-refractivity contribution in [3.63, 3.8) is 0 Å². The van der Waals surface area contributed by atoms with Crippen molar-refractivity contribution in [2.45, 2.75) is 13.0 Å². The van der Waals surface area contributed by atoms with E-state index in [1.165, 1.54) is 0 Å². The molecule has 15 heavy (non-hydrogen) atoms. The molecule has 0 saturated carbocycles. The summed E-state index contributed by atoms with van der Waals surface area (Å²) in [5, 5.41) is 2.40. The highest BCUT2D eigenvalue weighted by Crippen LogP contribution is 2.01. The molecule has 1 amide bonds. The first-order valence-electron chi connectivity index (χ1n) is 4.69. The lowest BCUT2D eigenvalue weighted by molar-refractivity contribution is -0.144. The van der Waals surface area contributed by atoms with Gasteiger partial charge in [-0.05, 0) is 5.56 Å². The van der Waals surface area contributed by atoms with Gasteiger partial charge in [-0.2, -0.15) is 0 Å². The molecule has 1 N–H and O–H groups in total. The zero-order chi connectivity index (χ0) is 10.9. The van der Waals surface area contributed by atoms with Gasteiger partial charge >= 0.3 is 5.97 Å². The van der Waals surface area contributed by atoms with Gasteiger partial charge in [-0.1, -0.05) is 30.3 Å². The minimum Gasteiger partial charge on any atom is -0.461 e. The summed E-state index contributed by atoms with van der Waals surface area (Å²) in [7, 11) is 0. The quantitative estimate of drug-likeness (QED) is 0.427. The molecule has 0 aliphatic carbocycles. The van der Waals surface area contributed by atoms with Crippen LogP contribution in [0.4, 0.5) is 0 Å². The first-order chi connectivity index (χ1) is 7.33. The van der Waals surface area contributed by atoms with E-state index in [-0.39, 0.29) is 19.0 Å². The van der Waals surface area contributed by atoms with E-state index < -0.39 is 0 Å². The highest BCUT2D eigenvalue weighted by Gasteiger charge is 2.01. The average molecular weight is 207 g/mol. The number of benzene rings is 1. The highest BCUT2D eigenvalue weighted by molar-refractivity contribution is 5.69. The monoisotopic (exact) mass is 207 g/mol. The van der Waals surface area contributed by atoms with Crippen LogP contribution < -0.4 is 5.32 Å². The molecule has 1 aromatic rings. The molecule has 0 aromatic heterocycles. The van der Waals surface area contributed by atoms with Crippen LogP contribution in [0.2, 0.25) is 0 Å². The van der Waals surface area contributed by atoms with E-state index in [4.69, 9.17) is 4.74 Å². The van der Waals surface area contributed by atoms with E-state index in [1.54, 1.807) is 0 Å². The number of esters is 1. The Bertz CT molecular complexity index is 311. The molecule has 0 fully saturated rings. The van der Waals surface area contributed by atoms with E-state index in [0.29, 0.717) is 13.0 Å². The topological polar surface area (TPSA) is 55.4 Å². The smallest absolute Gasteiger partial charge is 0.307 e. The molecule has 0 atom stereocenters. The summed E-state index contributed by atoms with van der Waals surface area (Å²) in [6, 6.07) is 9.45. The number of nitrogens with one attached hydrogen (secondary N) is 1. The summed E-state index contributed by atoms with van der Waals surface area (Å²) >= 11 is 0. The Morgan fingerprint density at radius 3 is 2.73 bits per heavy atom. The van der Waals surface area contributed by atoms with Crippen LogP contribution in [0.1, 0.15) is 12.0 Å². The maximum absolute atomic E-state index is 11.1. The van der Waals surface area contributed by atoms with Crippen LogP contribution in [-0.2, 0) is 20.9 Å². The van der Waals surface area contributed by atoms with Crippen molar-refractivity contribution >= 4 is 12.4 Å². The lowest BCUT2D eigenvalue weighted by atomic mass is 10.2. The lowest BCUT2D eigenvalue weighted by Crippen LogP contribution is -2.17. The fourth-order valence-corrected chi connectivity index (χ4v) is 1.04. The van der Waals surface area contributed by atoms with E-state index >= 15 is 0 Å². The van der Waals surface area contributed by atoms with Crippen LogP contribution in [0, 0.1) is 0 Å². The number of carbonyl (C=O) groups is 2. The number of carbonyl (C=O) groups excluding carboxylic acids is 2. The third-order valence-electron chi connectivity index (χ3n) is 1.80. The SMILES string of the molecule is O=CNCCC(=O)OCc1ccccc1. The van der Waals surface area contributed by atoms with Gasteiger partial charge in [0.25, 0.3) is 0 Å². The van der Waals surface area contributed by atoms with Gasteiger partial charge in [0.05, 0.1) is 6.42 Å². The van der Waals surface area contributed by atoms with Gasteiger partial charge in [0.1, 0.15) is 6.61 Å². The standard InChI is InChI=1S/C11H13NO3/c13-9-12-7-6-11(14)15-8-10-4-2-1-3-5-10/h1-5,9H,6-8H2,(H,12,13). The number of rotatable bonds is 6. The molecule has 0 bridgehead atoms. The van der Waals surface area contributed by atoms with Crippen molar-refractivity contribution in [1.82, 2.24) is 5.32 Å². The Labute approximate surface area is 88.2 Å². The first-order valence-corrected chi connectivity index (χ1v) is 4.69. The molecule has 0 unspecified atom stereocenters. The molecule has 0 saturated heterocycles. The molecule has 0 aliphatic heterocycles. The largest absolute Gasteiger partial charge is 0.461 e. The van der Waals surface area contributed by atoms with E-state index in [1.807, 2.05) is 30.3 Å². The van der Waals surface area contributed by atoms with Gasteiger partial charge in [-0.3, -0.25) is 9.59 Å². The van der Waals surface area contributed by atoms with Crippen LogP contribution in [0.25, 0.3) is 0 Å². The first kappa shape index (κ1) is 11.2. The van der Waals surface area contributed by atoms with Gasteiger partial charge < -0.3 is 10.1 Å². The lowest BCUT2D eigenvalue weighted by Gasteiger charge is -2.04. The minimum atomic E-state index is -0.312. The number of ether oxygens (including phenoxy) is 1. The highest BCUT2D eigenvalue weighted by atomic mass is 16.5. The molecule has 0 radical (unpaired) electrons. The van der Waals surface area contributed by atoms with Crippen molar-refractivity contribution in [2.75, 3.05) is 6.54 Å². The van der Waals surface area contributed by atoms with Gasteiger partial charge in [0.15, 0.2) is 0 Å². The number of amides is 1. The van der Waals surface area contributed by atoms with E-state index in [0.717, 1.165) is 5.56 Å². The maximum atomic E-state index is 11.1. The van der Waals surface area contributed by atoms with Crippen LogP contribution >= 0.6 is 0 Å².